The summed E-state index contributed by atoms with van der Waals surface area (Å²) in [6.45, 7) is 0. The molecule has 0 amide bonds. The first-order valence-corrected chi connectivity index (χ1v) is 7.30. The Morgan fingerprint density at radius 2 is 2.00 bits per heavy atom. The molecule has 0 radical (unpaired) electrons. The normalized spacial score (nSPS) is 17.1. The minimum absolute atomic E-state index is 0.579. The second-order valence-electron chi connectivity index (χ2n) is 4.35. The van der Waals surface area contributed by atoms with Crippen LogP contribution >= 0.6 is 27.3 Å². The number of aliphatic hydroxyl groups is 1. The van der Waals surface area contributed by atoms with Crippen molar-refractivity contribution in [2.45, 2.75) is 24.9 Å². The number of hydrogen-bond donors (Lipinski definition) is 1. The summed E-state index contributed by atoms with van der Waals surface area (Å²) in [5.41, 5.74) is 4.06. The van der Waals surface area contributed by atoms with Crippen LogP contribution in [0.3, 0.4) is 0 Å². The Morgan fingerprint density at radius 1 is 1.29 bits per heavy atom. The quantitative estimate of drug-likeness (QED) is 0.933. The fourth-order valence-electron chi connectivity index (χ4n) is 1.94. The average molecular weight is 310 g/mol. The number of hydrogen-bond acceptors (Lipinski definition) is 3. The zero-order valence-corrected chi connectivity index (χ0v) is 11.5. The molecule has 3 rings (SSSR count). The van der Waals surface area contributed by atoms with Crippen LogP contribution in [-0.4, -0.2) is 10.1 Å². The molecule has 17 heavy (non-hydrogen) atoms. The number of thiazole rings is 1. The molecular formula is C13H12BrNOS. The molecule has 1 atom stereocenters. The van der Waals surface area contributed by atoms with E-state index in [0.717, 1.165) is 21.0 Å². The van der Waals surface area contributed by atoms with Gasteiger partial charge in [0.1, 0.15) is 10.7 Å². The Balaban J connectivity index is 1.86. The molecule has 4 heteroatoms. The van der Waals surface area contributed by atoms with Crippen LogP contribution in [0.2, 0.25) is 0 Å². The number of aromatic nitrogens is 1. The van der Waals surface area contributed by atoms with Crippen LogP contribution in [0.5, 0.6) is 0 Å². The van der Waals surface area contributed by atoms with E-state index < -0.39 is 6.10 Å². The number of nitrogens with zero attached hydrogens (tertiary/aromatic N) is 1. The van der Waals surface area contributed by atoms with Crippen LogP contribution in [0.25, 0.3) is 0 Å². The SMILES string of the molecule is OC(c1ccc(C2CC2)cc1)c1scnc1Br. The zero-order valence-electron chi connectivity index (χ0n) is 9.14. The Labute approximate surface area is 112 Å². The average Bonchev–Trinajstić information content (AvgIpc) is 3.12. The van der Waals surface area contributed by atoms with E-state index in [1.807, 2.05) is 12.1 Å². The van der Waals surface area contributed by atoms with Crippen LogP contribution in [-0.2, 0) is 0 Å². The monoisotopic (exact) mass is 309 g/mol. The van der Waals surface area contributed by atoms with Gasteiger partial charge < -0.3 is 5.11 Å². The minimum Gasteiger partial charge on any atom is -0.383 e. The van der Waals surface area contributed by atoms with Gasteiger partial charge in [0.15, 0.2) is 0 Å². The van der Waals surface area contributed by atoms with Gasteiger partial charge in [-0.2, -0.15) is 0 Å². The van der Waals surface area contributed by atoms with Gasteiger partial charge in [-0.3, -0.25) is 0 Å². The highest BCUT2D eigenvalue weighted by atomic mass is 79.9. The van der Waals surface area contributed by atoms with E-state index in [4.69, 9.17) is 0 Å². The fraction of sp³-hybridized carbons (Fsp3) is 0.308. The summed E-state index contributed by atoms with van der Waals surface area (Å²) in [5.74, 6) is 0.760. The third kappa shape index (κ3) is 2.30. The van der Waals surface area contributed by atoms with Crippen molar-refractivity contribution in [3.8, 4) is 0 Å². The number of aliphatic hydroxyl groups excluding tert-OH is 1. The molecule has 1 aromatic carbocycles. The molecule has 88 valence electrons. The van der Waals surface area contributed by atoms with Gasteiger partial charge in [0, 0.05) is 0 Å². The summed E-state index contributed by atoms with van der Waals surface area (Å²) >= 11 is 4.82. The molecule has 0 bridgehead atoms. The Bertz CT molecular complexity index is 518. The summed E-state index contributed by atoms with van der Waals surface area (Å²) < 4.78 is 0.737. The van der Waals surface area contributed by atoms with Gasteiger partial charge in [-0.15, -0.1) is 11.3 Å². The summed E-state index contributed by atoms with van der Waals surface area (Å²) in [5, 5.41) is 10.2. The van der Waals surface area contributed by atoms with Crippen LogP contribution in [0, 0.1) is 0 Å². The lowest BCUT2D eigenvalue weighted by Gasteiger charge is -2.10. The van der Waals surface area contributed by atoms with Gasteiger partial charge in [-0.05, 0) is 45.8 Å². The van der Waals surface area contributed by atoms with Crippen LogP contribution in [0.4, 0.5) is 0 Å². The van der Waals surface area contributed by atoms with E-state index in [0.29, 0.717) is 0 Å². The largest absolute Gasteiger partial charge is 0.383 e. The highest BCUT2D eigenvalue weighted by molar-refractivity contribution is 9.10. The van der Waals surface area contributed by atoms with Gasteiger partial charge in [0.05, 0.1) is 10.4 Å². The van der Waals surface area contributed by atoms with E-state index in [9.17, 15) is 5.11 Å². The Kier molecular flexibility index (Phi) is 3.03. The van der Waals surface area contributed by atoms with Gasteiger partial charge in [-0.25, -0.2) is 4.98 Å². The molecule has 1 saturated carbocycles. The lowest BCUT2D eigenvalue weighted by Crippen LogP contribution is -1.98. The summed E-state index contributed by atoms with van der Waals surface area (Å²) in [7, 11) is 0. The Morgan fingerprint density at radius 3 is 2.53 bits per heavy atom. The molecule has 1 aliphatic carbocycles. The molecule has 1 aliphatic rings. The molecular weight excluding hydrogens is 298 g/mol. The molecule has 1 fully saturated rings. The molecule has 0 saturated heterocycles. The van der Waals surface area contributed by atoms with Crippen LogP contribution in [0.15, 0.2) is 34.4 Å². The van der Waals surface area contributed by atoms with Gasteiger partial charge >= 0.3 is 0 Å². The third-order valence-corrected chi connectivity index (χ3v) is 4.87. The van der Waals surface area contributed by atoms with Crippen molar-refractivity contribution in [3.05, 3.63) is 50.4 Å². The Hall–Kier alpha value is -0.710. The van der Waals surface area contributed by atoms with Crippen molar-refractivity contribution in [3.63, 3.8) is 0 Å². The topological polar surface area (TPSA) is 33.1 Å². The maximum absolute atomic E-state index is 10.2. The molecule has 1 aromatic heterocycles. The molecule has 1 heterocycles. The number of rotatable bonds is 3. The van der Waals surface area contributed by atoms with Gasteiger partial charge in [0.25, 0.3) is 0 Å². The third-order valence-electron chi connectivity index (χ3n) is 3.10. The molecule has 2 aromatic rings. The smallest absolute Gasteiger partial charge is 0.123 e. The second kappa shape index (κ2) is 4.52. The van der Waals surface area contributed by atoms with E-state index in [2.05, 4.69) is 33.0 Å². The highest BCUT2D eigenvalue weighted by Gasteiger charge is 2.23. The van der Waals surface area contributed by atoms with Crippen molar-refractivity contribution < 1.29 is 5.11 Å². The molecule has 1 unspecified atom stereocenters. The van der Waals surface area contributed by atoms with E-state index in [1.54, 1.807) is 5.51 Å². The summed E-state index contributed by atoms with van der Waals surface area (Å²) in [6.07, 6.45) is 2.04. The van der Waals surface area contributed by atoms with E-state index >= 15 is 0 Å². The maximum atomic E-state index is 10.2. The molecule has 1 N–H and O–H groups in total. The number of benzene rings is 1. The van der Waals surface area contributed by atoms with Crippen LogP contribution < -0.4 is 0 Å². The first-order chi connectivity index (χ1) is 8.25. The van der Waals surface area contributed by atoms with E-state index in [1.165, 1.54) is 29.7 Å². The molecule has 0 aliphatic heterocycles. The summed E-state index contributed by atoms with van der Waals surface area (Å²) in [4.78, 5) is 4.96. The lowest BCUT2D eigenvalue weighted by atomic mass is 10.0. The first kappa shape index (κ1) is 11.4. The second-order valence-corrected chi connectivity index (χ2v) is 5.99. The van der Waals surface area contributed by atoms with Gasteiger partial charge in [-0.1, -0.05) is 24.3 Å². The van der Waals surface area contributed by atoms with Crippen molar-refractivity contribution >= 4 is 27.3 Å². The molecule has 0 spiro atoms. The predicted octanol–water partition coefficient (Wildman–Crippen LogP) is 3.86. The van der Waals surface area contributed by atoms with E-state index in [-0.39, 0.29) is 0 Å². The predicted molar refractivity (Wildman–Crippen MR) is 72.3 cm³/mol. The van der Waals surface area contributed by atoms with Crippen molar-refractivity contribution in [2.75, 3.05) is 0 Å². The fourth-order valence-corrected chi connectivity index (χ4v) is 3.36. The zero-order chi connectivity index (χ0) is 11.8. The van der Waals surface area contributed by atoms with Gasteiger partial charge in [0.2, 0.25) is 0 Å². The number of halogens is 1. The minimum atomic E-state index is -0.579. The standard InChI is InChI=1S/C13H12BrNOS/c14-13-12(17-7-15-13)11(16)10-5-3-9(4-6-10)8-1-2-8/h3-8,11,16H,1-2H2. The first-order valence-electron chi connectivity index (χ1n) is 5.62. The van der Waals surface area contributed by atoms with Crippen molar-refractivity contribution in [1.82, 2.24) is 4.98 Å². The highest BCUT2D eigenvalue weighted by Crippen LogP contribution is 2.40. The van der Waals surface area contributed by atoms with Crippen molar-refractivity contribution in [2.24, 2.45) is 0 Å². The lowest BCUT2D eigenvalue weighted by molar-refractivity contribution is 0.223. The maximum Gasteiger partial charge on any atom is 0.123 e. The molecule has 2 nitrogen and oxygen atoms in total. The van der Waals surface area contributed by atoms with Crippen LogP contribution in [0.1, 0.15) is 40.9 Å². The summed E-state index contributed by atoms with van der Waals surface area (Å²) in [6, 6.07) is 8.30. The van der Waals surface area contributed by atoms with Crippen molar-refractivity contribution in [1.29, 1.82) is 0 Å².